The maximum atomic E-state index is 13.2. The number of halogens is 1. The number of nitrogens with one attached hydrogen (secondary N) is 3. The van der Waals surface area contributed by atoms with E-state index in [0.717, 1.165) is 12.3 Å². The number of H-pyrrole nitrogens is 1. The summed E-state index contributed by atoms with van der Waals surface area (Å²) in [6, 6.07) is 0.754. The van der Waals surface area contributed by atoms with Gasteiger partial charge < -0.3 is 10.6 Å². The van der Waals surface area contributed by atoms with Gasteiger partial charge in [-0.05, 0) is 13.0 Å². The molecule has 0 aliphatic heterocycles. The van der Waals surface area contributed by atoms with Gasteiger partial charge >= 0.3 is 0 Å². The maximum Gasteiger partial charge on any atom is 0.255 e. The molecule has 2 aromatic heterocycles. The summed E-state index contributed by atoms with van der Waals surface area (Å²) in [4.78, 5) is 19.8. The van der Waals surface area contributed by atoms with E-state index >= 15 is 0 Å². The van der Waals surface area contributed by atoms with Crippen LogP contribution in [0, 0.1) is 5.82 Å². The van der Waals surface area contributed by atoms with Gasteiger partial charge in [-0.1, -0.05) is 0 Å². The summed E-state index contributed by atoms with van der Waals surface area (Å²) >= 11 is 0. The van der Waals surface area contributed by atoms with Gasteiger partial charge in [0, 0.05) is 7.05 Å². The molecule has 1 atom stereocenters. The summed E-state index contributed by atoms with van der Waals surface area (Å²) < 4.78 is 13.2. The van der Waals surface area contributed by atoms with E-state index in [1.165, 1.54) is 6.33 Å². The zero-order chi connectivity index (χ0) is 13.8. The van der Waals surface area contributed by atoms with Crippen LogP contribution in [0.15, 0.2) is 18.6 Å². The van der Waals surface area contributed by atoms with E-state index in [-0.39, 0.29) is 11.6 Å². The Morgan fingerprint density at radius 1 is 1.47 bits per heavy atom. The molecule has 0 saturated carbocycles. The molecule has 2 heterocycles. The molecule has 0 aliphatic rings. The first-order chi connectivity index (χ1) is 9.11. The molecule has 0 bridgehead atoms. The second-order valence-corrected chi connectivity index (χ2v) is 3.87. The number of rotatable bonds is 4. The molecule has 0 radical (unpaired) electrons. The van der Waals surface area contributed by atoms with Crippen LogP contribution in [-0.4, -0.2) is 33.1 Å². The number of aromatic amines is 1. The minimum absolute atomic E-state index is 0.133. The molecule has 2 rings (SSSR count). The van der Waals surface area contributed by atoms with Crippen LogP contribution in [0.2, 0.25) is 0 Å². The summed E-state index contributed by atoms with van der Waals surface area (Å²) in [7, 11) is 1.61. The number of carbonyl (C=O) groups is 1. The first kappa shape index (κ1) is 12.9. The van der Waals surface area contributed by atoms with Crippen molar-refractivity contribution in [3.63, 3.8) is 0 Å². The number of hydrogen-bond acceptors (Lipinski definition) is 5. The fraction of sp³-hybridized carbons (Fsp3) is 0.273. The van der Waals surface area contributed by atoms with Gasteiger partial charge in [-0.25, -0.2) is 14.4 Å². The van der Waals surface area contributed by atoms with E-state index in [2.05, 4.69) is 30.8 Å². The number of nitrogens with zero attached hydrogens (tertiary/aromatic N) is 3. The van der Waals surface area contributed by atoms with Gasteiger partial charge in [-0.2, -0.15) is 5.10 Å². The van der Waals surface area contributed by atoms with Crippen molar-refractivity contribution in [2.24, 2.45) is 0 Å². The first-order valence-electron chi connectivity index (χ1n) is 5.61. The topological polar surface area (TPSA) is 95.6 Å². The minimum atomic E-state index is -0.573. The Bertz CT molecular complexity index is 571. The highest BCUT2D eigenvalue weighted by Crippen LogP contribution is 2.14. The Kier molecular flexibility index (Phi) is 3.69. The molecule has 1 amide bonds. The average molecular weight is 264 g/mol. The van der Waals surface area contributed by atoms with Crippen LogP contribution in [0.1, 0.15) is 29.1 Å². The highest BCUT2D eigenvalue weighted by atomic mass is 19.1. The fourth-order valence-corrected chi connectivity index (χ4v) is 1.58. The minimum Gasteiger partial charge on any atom is -0.372 e. The highest BCUT2D eigenvalue weighted by molar-refractivity contribution is 5.98. The molecule has 0 fully saturated rings. The van der Waals surface area contributed by atoms with Gasteiger partial charge in [0.25, 0.3) is 5.91 Å². The van der Waals surface area contributed by atoms with Crippen LogP contribution in [-0.2, 0) is 0 Å². The van der Waals surface area contributed by atoms with Gasteiger partial charge in [0.1, 0.15) is 23.8 Å². The number of aromatic nitrogens is 4. The van der Waals surface area contributed by atoms with Crippen LogP contribution < -0.4 is 10.6 Å². The molecular formula is C11H13FN6O. The standard InChI is InChI=1S/C11H13FN6O/c1-6(9-15-5-16-18-9)17-11(19)8-3-7(12)4-14-10(8)13-2/h3-6H,1-2H3,(H,13,14)(H,17,19)(H,15,16,18). The van der Waals surface area contributed by atoms with E-state index in [9.17, 15) is 9.18 Å². The lowest BCUT2D eigenvalue weighted by Gasteiger charge is -2.13. The molecule has 3 N–H and O–H groups in total. The van der Waals surface area contributed by atoms with E-state index in [0.29, 0.717) is 11.6 Å². The molecule has 2 aromatic rings. The lowest BCUT2D eigenvalue weighted by atomic mass is 10.2. The van der Waals surface area contributed by atoms with Crippen LogP contribution in [0.25, 0.3) is 0 Å². The highest BCUT2D eigenvalue weighted by Gasteiger charge is 2.17. The van der Waals surface area contributed by atoms with E-state index in [1.807, 2.05) is 0 Å². The van der Waals surface area contributed by atoms with Crippen LogP contribution >= 0.6 is 0 Å². The van der Waals surface area contributed by atoms with Crippen molar-refractivity contribution in [1.82, 2.24) is 25.5 Å². The SMILES string of the molecule is CNc1ncc(F)cc1C(=O)NC(C)c1ncn[nH]1. The Morgan fingerprint density at radius 2 is 2.26 bits per heavy atom. The Hall–Kier alpha value is -2.51. The molecule has 0 aromatic carbocycles. The maximum absolute atomic E-state index is 13.2. The predicted molar refractivity (Wildman–Crippen MR) is 66.0 cm³/mol. The van der Waals surface area contributed by atoms with E-state index in [1.54, 1.807) is 14.0 Å². The largest absolute Gasteiger partial charge is 0.372 e. The van der Waals surface area contributed by atoms with E-state index < -0.39 is 11.7 Å². The summed E-state index contributed by atoms with van der Waals surface area (Å²) in [6.07, 6.45) is 2.39. The average Bonchev–Trinajstić information content (AvgIpc) is 2.92. The third kappa shape index (κ3) is 2.84. The third-order valence-electron chi connectivity index (χ3n) is 2.53. The van der Waals surface area contributed by atoms with Crippen molar-refractivity contribution in [3.05, 3.63) is 35.8 Å². The van der Waals surface area contributed by atoms with Crippen molar-refractivity contribution in [3.8, 4) is 0 Å². The zero-order valence-corrected chi connectivity index (χ0v) is 10.4. The number of carbonyl (C=O) groups excluding carboxylic acids is 1. The molecule has 100 valence electrons. The lowest BCUT2D eigenvalue weighted by molar-refractivity contribution is 0.0938. The molecule has 0 saturated heterocycles. The Morgan fingerprint density at radius 3 is 2.89 bits per heavy atom. The van der Waals surface area contributed by atoms with Gasteiger partial charge in [0.2, 0.25) is 0 Å². The van der Waals surface area contributed by atoms with E-state index in [4.69, 9.17) is 0 Å². The van der Waals surface area contributed by atoms with Gasteiger partial charge in [0.15, 0.2) is 0 Å². The van der Waals surface area contributed by atoms with Crippen LogP contribution in [0.4, 0.5) is 10.2 Å². The number of hydrogen-bond donors (Lipinski definition) is 3. The smallest absolute Gasteiger partial charge is 0.255 e. The summed E-state index contributed by atoms with van der Waals surface area (Å²) in [5.74, 6) is -0.191. The fourth-order valence-electron chi connectivity index (χ4n) is 1.58. The second kappa shape index (κ2) is 5.42. The quantitative estimate of drug-likeness (QED) is 0.761. The number of pyridine rings is 1. The molecule has 19 heavy (non-hydrogen) atoms. The van der Waals surface area contributed by atoms with Gasteiger partial charge in [-0.3, -0.25) is 9.89 Å². The molecular weight excluding hydrogens is 251 g/mol. The first-order valence-corrected chi connectivity index (χ1v) is 5.61. The second-order valence-electron chi connectivity index (χ2n) is 3.87. The van der Waals surface area contributed by atoms with Crippen LogP contribution in [0.3, 0.4) is 0 Å². The third-order valence-corrected chi connectivity index (χ3v) is 2.53. The molecule has 0 spiro atoms. The van der Waals surface area contributed by atoms with Crippen molar-refractivity contribution >= 4 is 11.7 Å². The monoisotopic (exact) mass is 264 g/mol. The van der Waals surface area contributed by atoms with Crippen molar-refractivity contribution in [2.75, 3.05) is 12.4 Å². The van der Waals surface area contributed by atoms with Gasteiger partial charge in [-0.15, -0.1) is 0 Å². The molecule has 8 heteroatoms. The number of anilines is 1. The molecule has 7 nitrogen and oxygen atoms in total. The molecule has 0 aliphatic carbocycles. The number of amides is 1. The van der Waals surface area contributed by atoms with Crippen molar-refractivity contribution in [2.45, 2.75) is 13.0 Å². The summed E-state index contributed by atoms with van der Waals surface area (Å²) in [6.45, 7) is 1.74. The van der Waals surface area contributed by atoms with Crippen molar-refractivity contribution < 1.29 is 9.18 Å². The predicted octanol–water partition coefficient (Wildman–Crippen LogP) is 0.871. The summed E-state index contributed by atoms with van der Waals surface area (Å²) in [5.41, 5.74) is 0.133. The Balaban J connectivity index is 2.18. The summed E-state index contributed by atoms with van der Waals surface area (Å²) in [5, 5.41) is 11.8. The van der Waals surface area contributed by atoms with Crippen molar-refractivity contribution in [1.29, 1.82) is 0 Å². The normalized spacial score (nSPS) is 11.9. The molecule has 1 unspecified atom stereocenters. The lowest BCUT2D eigenvalue weighted by Crippen LogP contribution is -2.28. The zero-order valence-electron chi connectivity index (χ0n) is 10.4. The Labute approximate surface area is 108 Å². The van der Waals surface area contributed by atoms with Crippen LogP contribution in [0.5, 0.6) is 0 Å². The van der Waals surface area contributed by atoms with Gasteiger partial charge in [0.05, 0.1) is 17.8 Å².